The maximum absolute atomic E-state index is 4.48. The highest BCUT2D eigenvalue weighted by molar-refractivity contribution is 8.13. The molecule has 0 N–H and O–H groups in total. The van der Waals surface area contributed by atoms with Gasteiger partial charge in [0.05, 0.1) is 6.54 Å². The average molecular weight is 192 g/mol. The minimum atomic E-state index is 0.816. The zero-order valence-corrected chi connectivity index (χ0v) is 8.64. The van der Waals surface area contributed by atoms with Gasteiger partial charge in [0.25, 0.3) is 0 Å². The van der Waals surface area contributed by atoms with E-state index in [1.165, 1.54) is 10.5 Å². The zero-order valence-electron chi connectivity index (χ0n) is 7.82. The molecule has 0 unspecified atom stereocenters. The van der Waals surface area contributed by atoms with Crippen LogP contribution in [0.5, 0.6) is 0 Å². The number of fused-ring (bicyclic) bond motifs is 1. The van der Waals surface area contributed by atoms with E-state index in [0.717, 1.165) is 11.7 Å². The van der Waals surface area contributed by atoms with Crippen LogP contribution < -0.4 is 0 Å². The summed E-state index contributed by atoms with van der Waals surface area (Å²) >= 11 is 1.74. The Kier molecular flexibility index (Phi) is 2.27. The summed E-state index contributed by atoms with van der Waals surface area (Å²) in [6, 6.07) is 8.43. The van der Waals surface area contributed by atoms with Crippen LogP contribution in [-0.2, 0) is 6.54 Å². The van der Waals surface area contributed by atoms with Gasteiger partial charge in [-0.05, 0) is 11.6 Å². The van der Waals surface area contributed by atoms with Crippen LogP contribution >= 0.6 is 11.8 Å². The Bertz CT molecular complexity index is 345. The fourth-order valence-electron chi connectivity index (χ4n) is 1.25. The Balaban J connectivity index is 2.28. The molecule has 1 aromatic rings. The Hall–Kier alpha value is -0.960. The molecular weight excluding hydrogens is 180 g/mol. The smallest absolute Gasteiger partial charge is 0.163 e. The number of rotatable bonds is 0. The van der Waals surface area contributed by atoms with Crippen LogP contribution in [0.1, 0.15) is 5.56 Å². The molecule has 3 heteroatoms. The summed E-state index contributed by atoms with van der Waals surface area (Å²) in [7, 11) is 4.06. The Morgan fingerprint density at radius 1 is 1.31 bits per heavy atom. The first-order chi connectivity index (χ1) is 6.27. The van der Waals surface area contributed by atoms with E-state index in [1.54, 1.807) is 11.8 Å². The molecule has 1 aliphatic heterocycles. The van der Waals surface area contributed by atoms with Crippen molar-refractivity contribution in [2.75, 3.05) is 14.1 Å². The quantitative estimate of drug-likeness (QED) is 0.626. The molecular formula is C10H12N2S. The van der Waals surface area contributed by atoms with Crippen molar-refractivity contribution in [3.63, 3.8) is 0 Å². The molecule has 1 aromatic carbocycles. The number of hydrogen-bond donors (Lipinski definition) is 0. The third-order valence-corrected chi connectivity index (χ3v) is 3.24. The molecule has 2 nitrogen and oxygen atoms in total. The second kappa shape index (κ2) is 3.42. The lowest BCUT2D eigenvalue weighted by atomic mass is 10.2. The van der Waals surface area contributed by atoms with Gasteiger partial charge in [0.2, 0.25) is 0 Å². The predicted molar refractivity (Wildman–Crippen MR) is 57.1 cm³/mol. The van der Waals surface area contributed by atoms with E-state index in [9.17, 15) is 0 Å². The fourth-order valence-corrected chi connectivity index (χ4v) is 2.17. The summed E-state index contributed by atoms with van der Waals surface area (Å²) in [5.41, 5.74) is 1.33. The summed E-state index contributed by atoms with van der Waals surface area (Å²) < 4.78 is 0. The molecule has 0 atom stereocenters. The lowest BCUT2D eigenvalue weighted by Crippen LogP contribution is -2.20. The van der Waals surface area contributed by atoms with Crippen molar-refractivity contribution in [2.45, 2.75) is 11.4 Å². The summed E-state index contributed by atoms with van der Waals surface area (Å²) in [6.45, 7) is 0.816. The molecule has 0 saturated heterocycles. The second-order valence-electron chi connectivity index (χ2n) is 3.20. The van der Waals surface area contributed by atoms with Crippen molar-refractivity contribution in [3.05, 3.63) is 29.8 Å². The van der Waals surface area contributed by atoms with Crippen molar-refractivity contribution >= 4 is 16.9 Å². The van der Waals surface area contributed by atoms with Crippen LogP contribution in [0.15, 0.2) is 34.2 Å². The number of aliphatic imine (C=N–C) groups is 1. The molecule has 0 aliphatic carbocycles. The highest BCUT2D eigenvalue weighted by atomic mass is 32.2. The number of nitrogens with zero attached hydrogens (tertiary/aromatic N) is 2. The van der Waals surface area contributed by atoms with Gasteiger partial charge < -0.3 is 4.90 Å². The topological polar surface area (TPSA) is 15.6 Å². The first-order valence-electron chi connectivity index (χ1n) is 4.25. The molecule has 1 heterocycles. The Labute approximate surface area is 82.7 Å². The SMILES string of the molecule is CN(C)C1=NCc2ccccc2S1. The highest BCUT2D eigenvalue weighted by Gasteiger charge is 2.13. The average Bonchev–Trinajstić information content (AvgIpc) is 2.17. The molecule has 1 aliphatic rings. The number of benzene rings is 1. The summed E-state index contributed by atoms with van der Waals surface area (Å²) in [5.74, 6) is 0. The molecule has 13 heavy (non-hydrogen) atoms. The number of amidine groups is 1. The molecule has 0 radical (unpaired) electrons. The molecule has 0 amide bonds. The molecule has 0 aromatic heterocycles. The normalized spacial score (nSPS) is 14.8. The molecule has 0 saturated carbocycles. The molecule has 2 rings (SSSR count). The molecule has 68 valence electrons. The van der Waals surface area contributed by atoms with Gasteiger partial charge in [-0.15, -0.1) is 0 Å². The van der Waals surface area contributed by atoms with Gasteiger partial charge in [0, 0.05) is 19.0 Å². The lowest BCUT2D eigenvalue weighted by Gasteiger charge is -2.20. The summed E-state index contributed by atoms with van der Waals surface area (Å²) in [4.78, 5) is 7.87. The number of thioether (sulfide) groups is 1. The van der Waals surface area contributed by atoms with Crippen LogP contribution in [-0.4, -0.2) is 24.2 Å². The van der Waals surface area contributed by atoms with Crippen molar-refractivity contribution < 1.29 is 0 Å². The van der Waals surface area contributed by atoms with Gasteiger partial charge >= 0.3 is 0 Å². The standard InChI is InChI=1S/C10H12N2S/c1-12(2)10-11-7-8-5-3-4-6-9(8)13-10/h3-6H,7H2,1-2H3. The van der Waals surface area contributed by atoms with Gasteiger partial charge in [-0.25, -0.2) is 0 Å². The lowest BCUT2D eigenvalue weighted by molar-refractivity contribution is 0.630. The Morgan fingerprint density at radius 2 is 2.08 bits per heavy atom. The maximum Gasteiger partial charge on any atom is 0.163 e. The van der Waals surface area contributed by atoms with Crippen LogP contribution in [0.3, 0.4) is 0 Å². The van der Waals surface area contributed by atoms with Gasteiger partial charge in [0.1, 0.15) is 0 Å². The second-order valence-corrected chi connectivity index (χ2v) is 4.21. The van der Waals surface area contributed by atoms with Crippen molar-refractivity contribution in [3.8, 4) is 0 Å². The molecule has 0 spiro atoms. The van der Waals surface area contributed by atoms with Crippen molar-refractivity contribution in [2.24, 2.45) is 4.99 Å². The van der Waals surface area contributed by atoms with E-state index in [4.69, 9.17) is 0 Å². The summed E-state index contributed by atoms with van der Waals surface area (Å²) in [6.07, 6.45) is 0. The predicted octanol–water partition coefficient (Wildman–Crippen LogP) is 2.21. The molecule has 0 fully saturated rings. The van der Waals surface area contributed by atoms with Gasteiger partial charge in [0.15, 0.2) is 5.17 Å². The van der Waals surface area contributed by atoms with Crippen molar-refractivity contribution in [1.82, 2.24) is 4.90 Å². The van der Waals surface area contributed by atoms with E-state index in [1.807, 2.05) is 14.1 Å². The van der Waals surface area contributed by atoms with E-state index in [2.05, 4.69) is 34.2 Å². The monoisotopic (exact) mass is 192 g/mol. The first-order valence-corrected chi connectivity index (χ1v) is 5.06. The maximum atomic E-state index is 4.48. The Morgan fingerprint density at radius 3 is 2.85 bits per heavy atom. The number of hydrogen-bond acceptors (Lipinski definition) is 3. The third-order valence-electron chi connectivity index (χ3n) is 1.94. The van der Waals surface area contributed by atoms with Crippen LogP contribution in [0, 0.1) is 0 Å². The van der Waals surface area contributed by atoms with Gasteiger partial charge in [-0.1, -0.05) is 30.0 Å². The molecule has 0 bridgehead atoms. The first kappa shape index (κ1) is 8.63. The van der Waals surface area contributed by atoms with E-state index >= 15 is 0 Å². The van der Waals surface area contributed by atoms with Gasteiger partial charge in [-0.2, -0.15) is 0 Å². The highest BCUT2D eigenvalue weighted by Crippen LogP contribution is 2.29. The van der Waals surface area contributed by atoms with E-state index < -0.39 is 0 Å². The van der Waals surface area contributed by atoms with E-state index in [0.29, 0.717) is 0 Å². The van der Waals surface area contributed by atoms with Crippen LogP contribution in [0.25, 0.3) is 0 Å². The third kappa shape index (κ3) is 1.70. The zero-order chi connectivity index (χ0) is 9.26. The minimum Gasteiger partial charge on any atom is -0.357 e. The van der Waals surface area contributed by atoms with Crippen LogP contribution in [0.2, 0.25) is 0 Å². The summed E-state index contributed by atoms with van der Waals surface area (Å²) in [5, 5.41) is 1.10. The van der Waals surface area contributed by atoms with Crippen LogP contribution in [0.4, 0.5) is 0 Å². The van der Waals surface area contributed by atoms with Crippen molar-refractivity contribution in [1.29, 1.82) is 0 Å². The van der Waals surface area contributed by atoms with E-state index in [-0.39, 0.29) is 0 Å². The fraction of sp³-hybridized carbons (Fsp3) is 0.300. The minimum absolute atomic E-state index is 0.816. The van der Waals surface area contributed by atoms with Gasteiger partial charge in [-0.3, -0.25) is 4.99 Å². The largest absolute Gasteiger partial charge is 0.357 e.